The Bertz CT molecular complexity index is 606. The van der Waals surface area contributed by atoms with Gasteiger partial charge in [-0.05, 0) is 36.4 Å². The predicted octanol–water partition coefficient (Wildman–Crippen LogP) is 1.97. The maximum absolute atomic E-state index is 11.5. The van der Waals surface area contributed by atoms with Crippen LogP contribution in [0.1, 0.15) is 18.4 Å². The number of carbonyl (C=O) groups is 1. The van der Waals surface area contributed by atoms with Crippen LogP contribution in [0.25, 0.3) is 0 Å². The fourth-order valence-electron chi connectivity index (χ4n) is 3.40. The number of nitrogens with zero attached hydrogens (tertiary/aromatic N) is 1. The SMILES string of the molecule is O=C(O)C1CN(CCNCc2ccc(Cl)c(Cl)c2)CC1CCCB(O)O. The molecule has 0 spiro atoms. The molecule has 9 heteroatoms. The summed E-state index contributed by atoms with van der Waals surface area (Å²) in [6.07, 6.45) is 1.60. The van der Waals surface area contributed by atoms with Crippen LogP contribution in [0.4, 0.5) is 0 Å². The number of likely N-dealkylation sites (tertiary alicyclic amines) is 1. The molecule has 2 atom stereocenters. The highest BCUT2D eigenvalue weighted by Crippen LogP contribution is 2.28. The monoisotopic (exact) mass is 402 g/mol. The third-order valence-electron chi connectivity index (χ3n) is 4.79. The first-order valence-electron chi connectivity index (χ1n) is 8.82. The van der Waals surface area contributed by atoms with Crippen LogP contribution in [-0.4, -0.2) is 59.3 Å². The van der Waals surface area contributed by atoms with Gasteiger partial charge in [-0.1, -0.05) is 35.7 Å². The molecule has 2 unspecified atom stereocenters. The van der Waals surface area contributed by atoms with Crippen molar-refractivity contribution in [3.05, 3.63) is 33.8 Å². The average Bonchev–Trinajstić information content (AvgIpc) is 2.98. The molecule has 4 N–H and O–H groups in total. The van der Waals surface area contributed by atoms with Gasteiger partial charge in [-0.3, -0.25) is 4.79 Å². The zero-order valence-electron chi connectivity index (χ0n) is 14.6. The Morgan fingerprint density at radius 3 is 2.69 bits per heavy atom. The lowest BCUT2D eigenvalue weighted by atomic mass is 9.80. The minimum Gasteiger partial charge on any atom is -0.481 e. The molecular formula is C17H25BCl2N2O4. The molecule has 1 fully saturated rings. The second-order valence-corrected chi connectivity index (χ2v) is 7.62. The summed E-state index contributed by atoms with van der Waals surface area (Å²) < 4.78 is 0. The summed E-state index contributed by atoms with van der Waals surface area (Å²) >= 11 is 11.9. The first-order valence-corrected chi connectivity index (χ1v) is 9.58. The zero-order valence-corrected chi connectivity index (χ0v) is 16.1. The molecule has 144 valence electrons. The molecule has 26 heavy (non-hydrogen) atoms. The van der Waals surface area contributed by atoms with Crippen molar-refractivity contribution in [2.75, 3.05) is 26.2 Å². The molecule has 1 aliphatic heterocycles. The summed E-state index contributed by atoms with van der Waals surface area (Å²) in [6.45, 7) is 3.45. The molecule has 0 amide bonds. The van der Waals surface area contributed by atoms with Crippen LogP contribution in [0.2, 0.25) is 16.4 Å². The quantitative estimate of drug-likeness (QED) is 0.353. The number of halogens is 2. The summed E-state index contributed by atoms with van der Waals surface area (Å²) in [5.41, 5.74) is 1.05. The highest BCUT2D eigenvalue weighted by atomic mass is 35.5. The van der Waals surface area contributed by atoms with E-state index in [1.54, 1.807) is 6.07 Å². The first kappa shape index (κ1) is 21.5. The minimum absolute atomic E-state index is 0.0568. The Hall–Kier alpha value is -0.825. The van der Waals surface area contributed by atoms with Gasteiger partial charge in [-0.15, -0.1) is 0 Å². The number of rotatable bonds is 10. The van der Waals surface area contributed by atoms with E-state index in [9.17, 15) is 9.90 Å². The number of nitrogens with one attached hydrogen (secondary N) is 1. The Kier molecular flexibility index (Phi) is 8.67. The number of aliphatic carboxylic acids is 1. The summed E-state index contributed by atoms with van der Waals surface area (Å²) in [5.74, 6) is -1.10. The average molecular weight is 403 g/mol. The lowest BCUT2D eigenvalue weighted by molar-refractivity contribution is -0.142. The van der Waals surface area contributed by atoms with E-state index in [0.29, 0.717) is 36.0 Å². The maximum Gasteiger partial charge on any atom is 0.451 e. The standard InChI is InChI=1S/C17H25BCl2N2O4/c19-15-4-3-12(8-16(15)20)9-21-6-7-22-10-13(2-1-5-18(25)26)14(11-22)17(23)24/h3-4,8,13-14,21,25-26H,1-2,5-7,9-11H2,(H,23,24). The fraction of sp³-hybridized carbons (Fsp3) is 0.588. The molecule has 1 saturated heterocycles. The van der Waals surface area contributed by atoms with Gasteiger partial charge in [-0.2, -0.15) is 0 Å². The van der Waals surface area contributed by atoms with Crippen LogP contribution >= 0.6 is 23.2 Å². The lowest BCUT2D eigenvalue weighted by Crippen LogP contribution is -2.31. The van der Waals surface area contributed by atoms with E-state index < -0.39 is 13.1 Å². The largest absolute Gasteiger partial charge is 0.481 e. The lowest BCUT2D eigenvalue weighted by Gasteiger charge is -2.16. The molecule has 0 saturated carbocycles. The van der Waals surface area contributed by atoms with E-state index in [0.717, 1.165) is 25.2 Å². The minimum atomic E-state index is -1.32. The third-order valence-corrected chi connectivity index (χ3v) is 5.53. The Morgan fingerprint density at radius 2 is 2.04 bits per heavy atom. The smallest absolute Gasteiger partial charge is 0.451 e. The summed E-state index contributed by atoms with van der Waals surface area (Å²) in [7, 11) is -1.32. The van der Waals surface area contributed by atoms with E-state index in [1.165, 1.54) is 0 Å². The molecule has 0 radical (unpaired) electrons. The van der Waals surface area contributed by atoms with Crippen molar-refractivity contribution in [1.82, 2.24) is 10.2 Å². The van der Waals surface area contributed by atoms with Gasteiger partial charge in [0.25, 0.3) is 0 Å². The van der Waals surface area contributed by atoms with Crippen molar-refractivity contribution in [3.8, 4) is 0 Å². The topological polar surface area (TPSA) is 93.0 Å². The highest BCUT2D eigenvalue weighted by Gasteiger charge is 2.36. The van der Waals surface area contributed by atoms with E-state index >= 15 is 0 Å². The van der Waals surface area contributed by atoms with Gasteiger partial charge in [-0.25, -0.2) is 0 Å². The van der Waals surface area contributed by atoms with E-state index in [-0.39, 0.29) is 18.2 Å². The van der Waals surface area contributed by atoms with Gasteiger partial charge in [0.15, 0.2) is 0 Å². The van der Waals surface area contributed by atoms with Crippen molar-refractivity contribution in [3.63, 3.8) is 0 Å². The van der Waals surface area contributed by atoms with Gasteiger partial charge in [0, 0.05) is 32.7 Å². The van der Waals surface area contributed by atoms with Crippen molar-refractivity contribution >= 4 is 36.3 Å². The Balaban J connectivity index is 1.73. The van der Waals surface area contributed by atoms with Gasteiger partial charge in [0.05, 0.1) is 16.0 Å². The maximum atomic E-state index is 11.5. The second-order valence-electron chi connectivity index (χ2n) is 6.80. The van der Waals surface area contributed by atoms with E-state index in [1.807, 2.05) is 12.1 Å². The molecule has 1 heterocycles. The Morgan fingerprint density at radius 1 is 1.27 bits per heavy atom. The molecule has 0 aromatic heterocycles. The normalized spacial score (nSPS) is 20.5. The molecule has 0 aliphatic carbocycles. The predicted molar refractivity (Wildman–Crippen MR) is 103 cm³/mol. The van der Waals surface area contributed by atoms with Crippen molar-refractivity contribution < 1.29 is 19.9 Å². The van der Waals surface area contributed by atoms with E-state index in [2.05, 4.69) is 10.2 Å². The molecule has 1 aromatic carbocycles. The van der Waals surface area contributed by atoms with Crippen molar-refractivity contribution in [2.45, 2.75) is 25.7 Å². The summed E-state index contributed by atoms with van der Waals surface area (Å²) in [6, 6.07) is 5.52. The number of benzene rings is 1. The second kappa shape index (κ2) is 10.5. The first-order chi connectivity index (χ1) is 12.4. The highest BCUT2D eigenvalue weighted by molar-refractivity contribution is 6.42. The molecule has 1 aromatic rings. The number of carboxylic acid groups (broad SMARTS) is 1. The van der Waals surface area contributed by atoms with Crippen molar-refractivity contribution in [1.29, 1.82) is 0 Å². The third kappa shape index (κ3) is 6.72. The Labute approximate surface area is 164 Å². The molecule has 2 rings (SSSR count). The number of hydrogen-bond acceptors (Lipinski definition) is 5. The van der Waals surface area contributed by atoms with Crippen LogP contribution in [0.3, 0.4) is 0 Å². The van der Waals surface area contributed by atoms with Crippen LogP contribution in [-0.2, 0) is 11.3 Å². The number of hydrogen-bond donors (Lipinski definition) is 4. The van der Waals surface area contributed by atoms with Crippen molar-refractivity contribution in [2.24, 2.45) is 11.8 Å². The zero-order chi connectivity index (χ0) is 19.1. The van der Waals surface area contributed by atoms with E-state index in [4.69, 9.17) is 33.2 Å². The molecule has 1 aliphatic rings. The van der Waals surface area contributed by atoms with Gasteiger partial charge >= 0.3 is 13.1 Å². The molecule has 6 nitrogen and oxygen atoms in total. The summed E-state index contributed by atoms with van der Waals surface area (Å²) in [5, 5.41) is 31.7. The van der Waals surface area contributed by atoms with Crippen LogP contribution in [0.15, 0.2) is 18.2 Å². The van der Waals surface area contributed by atoms with Gasteiger partial charge in [0.2, 0.25) is 0 Å². The fourth-order valence-corrected chi connectivity index (χ4v) is 3.72. The molecular weight excluding hydrogens is 378 g/mol. The number of carboxylic acids is 1. The van der Waals surface area contributed by atoms with Crippen LogP contribution in [0, 0.1) is 11.8 Å². The summed E-state index contributed by atoms with van der Waals surface area (Å²) in [4.78, 5) is 13.6. The van der Waals surface area contributed by atoms with Crippen LogP contribution < -0.4 is 5.32 Å². The molecule has 0 bridgehead atoms. The van der Waals surface area contributed by atoms with Gasteiger partial charge < -0.3 is 25.4 Å². The van der Waals surface area contributed by atoms with Crippen LogP contribution in [0.5, 0.6) is 0 Å². The van der Waals surface area contributed by atoms with Gasteiger partial charge in [0.1, 0.15) is 0 Å².